The maximum Gasteiger partial charge on any atom is 0.412 e. The van der Waals surface area contributed by atoms with Crippen molar-refractivity contribution >= 4 is 11.9 Å². The third-order valence-electron chi connectivity index (χ3n) is 2.88. The van der Waals surface area contributed by atoms with Gasteiger partial charge in [0.25, 0.3) is 0 Å². The number of alkyl halides is 3. The Morgan fingerprint density at radius 1 is 1.42 bits per heavy atom. The average Bonchev–Trinajstić information content (AvgIpc) is 2.76. The van der Waals surface area contributed by atoms with Crippen LogP contribution in [0.15, 0.2) is 11.6 Å². The van der Waals surface area contributed by atoms with Crippen molar-refractivity contribution in [1.82, 2.24) is 4.90 Å². The Labute approximate surface area is 109 Å². The maximum absolute atomic E-state index is 12.3. The van der Waals surface area contributed by atoms with Crippen LogP contribution in [0.25, 0.3) is 0 Å². The van der Waals surface area contributed by atoms with Crippen LogP contribution in [0.5, 0.6) is 0 Å². The van der Waals surface area contributed by atoms with E-state index in [0.717, 1.165) is 11.8 Å². The molecule has 1 saturated heterocycles. The highest BCUT2D eigenvalue weighted by molar-refractivity contribution is 5.92. The molecule has 0 spiro atoms. The minimum atomic E-state index is -4.53. The predicted molar refractivity (Wildman–Crippen MR) is 61.2 cm³/mol. The lowest BCUT2D eigenvalue weighted by atomic mass is 10.2. The standard InChI is InChI=1S/C12H16F3NO3/c1-3-19-11(18)9-5-4-6-16(9)10(17)7-8(2)12(13,14)15/h7,9H,3-6H2,1-2H3. The summed E-state index contributed by atoms with van der Waals surface area (Å²) in [6.45, 7) is 2.90. The van der Waals surface area contributed by atoms with E-state index in [0.29, 0.717) is 18.9 Å². The maximum atomic E-state index is 12.3. The number of rotatable bonds is 3. The Morgan fingerprint density at radius 3 is 2.58 bits per heavy atom. The Morgan fingerprint density at radius 2 is 2.05 bits per heavy atom. The summed E-state index contributed by atoms with van der Waals surface area (Å²) in [6, 6.07) is -0.773. The van der Waals surface area contributed by atoms with E-state index in [9.17, 15) is 22.8 Å². The molecule has 0 N–H and O–H groups in total. The monoisotopic (exact) mass is 279 g/mol. The van der Waals surface area contributed by atoms with E-state index < -0.39 is 29.7 Å². The molecule has 0 aromatic rings. The fourth-order valence-electron chi connectivity index (χ4n) is 1.86. The molecular weight excluding hydrogens is 263 g/mol. The van der Waals surface area contributed by atoms with Crippen LogP contribution in [0.3, 0.4) is 0 Å². The fourth-order valence-corrected chi connectivity index (χ4v) is 1.86. The van der Waals surface area contributed by atoms with Gasteiger partial charge in [0.15, 0.2) is 0 Å². The molecule has 19 heavy (non-hydrogen) atoms. The molecule has 1 unspecified atom stereocenters. The molecule has 0 bridgehead atoms. The zero-order valence-electron chi connectivity index (χ0n) is 10.8. The molecule has 7 heteroatoms. The van der Waals surface area contributed by atoms with Crippen molar-refractivity contribution in [2.45, 2.75) is 38.9 Å². The lowest BCUT2D eigenvalue weighted by Gasteiger charge is -2.22. The number of nitrogens with zero attached hydrogens (tertiary/aromatic N) is 1. The first-order chi connectivity index (χ1) is 8.77. The van der Waals surface area contributed by atoms with Gasteiger partial charge in [0.2, 0.25) is 5.91 Å². The van der Waals surface area contributed by atoms with E-state index in [4.69, 9.17) is 4.74 Å². The number of carbonyl (C=O) groups is 2. The second kappa shape index (κ2) is 6.08. The van der Waals surface area contributed by atoms with Gasteiger partial charge >= 0.3 is 12.1 Å². The number of halogens is 3. The van der Waals surface area contributed by atoms with E-state index in [1.165, 1.54) is 0 Å². The van der Waals surface area contributed by atoms with E-state index in [-0.39, 0.29) is 13.2 Å². The van der Waals surface area contributed by atoms with Crippen LogP contribution in [0.2, 0.25) is 0 Å². The molecule has 0 saturated carbocycles. The van der Waals surface area contributed by atoms with Gasteiger partial charge in [-0.25, -0.2) is 4.79 Å². The third-order valence-corrected chi connectivity index (χ3v) is 2.88. The summed E-state index contributed by atoms with van der Waals surface area (Å²) < 4.78 is 41.8. The summed E-state index contributed by atoms with van der Waals surface area (Å²) in [4.78, 5) is 24.5. The van der Waals surface area contributed by atoms with Crippen LogP contribution in [-0.2, 0) is 14.3 Å². The van der Waals surface area contributed by atoms with Crippen LogP contribution in [0.4, 0.5) is 13.2 Å². The number of hydrogen-bond acceptors (Lipinski definition) is 3. The molecule has 108 valence electrons. The van der Waals surface area contributed by atoms with Crippen molar-refractivity contribution in [2.75, 3.05) is 13.2 Å². The second-order valence-electron chi connectivity index (χ2n) is 4.27. The fraction of sp³-hybridized carbons (Fsp3) is 0.667. The van der Waals surface area contributed by atoms with Gasteiger partial charge in [0.05, 0.1) is 6.61 Å². The topological polar surface area (TPSA) is 46.6 Å². The molecule has 1 aliphatic rings. The number of esters is 1. The van der Waals surface area contributed by atoms with E-state index in [1.54, 1.807) is 6.92 Å². The minimum Gasteiger partial charge on any atom is -0.464 e. The lowest BCUT2D eigenvalue weighted by Crippen LogP contribution is -2.41. The Balaban J connectivity index is 2.79. The van der Waals surface area contributed by atoms with Gasteiger partial charge in [-0.1, -0.05) is 0 Å². The molecule has 0 aromatic carbocycles. The molecule has 1 aliphatic heterocycles. The largest absolute Gasteiger partial charge is 0.464 e. The van der Waals surface area contributed by atoms with E-state index in [1.807, 2.05) is 0 Å². The summed E-state index contributed by atoms with van der Waals surface area (Å²) in [6.07, 6.45) is -3.01. The van der Waals surface area contributed by atoms with Gasteiger partial charge in [-0.3, -0.25) is 4.79 Å². The molecular formula is C12H16F3NO3. The Hall–Kier alpha value is -1.53. The second-order valence-corrected chi connectivity index (χ2v) is 4.27. The zero-order valence-corrected chi connectivity index (χ0v) is 10.8. The number of ether oxygens (including phenoxy) is 1. The Bertz CT molecular complexity index is 390. The lowest BCUT2D eigenvalue weighted by molar-refractivity contribution is -0.151. The van der Waals surface area contributed by atoms with Gasteiger partial charge in [-0.15, -0.1) is 0 Å². The van der Waals surface area contributed by atoms with E-state index >= 15 is 0 Å². The number of likely N-dealkylation sites (tertiary alicyclic amines) is 1. The molecule has 1 fully saturated rings. The van der Waals surface area contributed by atoms with Gasteiger partial charge in [-0.05, 0) is 26.7 Å². The normalized spacial score (nSPS) is 20.6. The highest BCUT2D eigenvalue weighted by atomic mass is 19.4. The average molecular weight is 279 g/mol. The molecule has 1 atom stereocenters. The predicted octanol–water partition coefficient (Wildman–Crippen LogP) is 2.05. The van der Waals surface area contributed by atoms with Crippen molar-refractivity contribution in [3.8, 4) is 0 Å². The third kappa shape index (κ3) is 3.97. The first-order valence-electron chi connectivity index (χ1n) is 6.00. The minimum absolute atomic E-state index is 0.175. The molecule has 0 radical (unpaired) electrons. The van der Waals surface area contributed by atoms with Gasteiger partial charge in [0.1, 0.15) is 6.04 Å². The van der Waals surface area contributed by atoms with Crippen LogP contribution >= 0.6 is 0 Å². The van der Waals surface area contributed by atoms with Crippen LogP contribution < -0.4 is 0 Å². The van der Waals surface area contributed by atoms with Crippen LogP contribution in [0.1, 0.15) is 26.7 Å². The van der Waals surface area contributed by atoms with Crippen molar-refractivity contribution in [1.29, 1.82) is 0 Å². The molecule has 4 nitrogen and oxygen atoms in total. The van der Waals surface area contributed by atoms with Crippen molar-refractivity contribution in [3.05, 3.63) is 11.6 Å². The van der Waals surface area contributed by atoms with Gasteiger partial charge < -0.3 is 9.64 Å². The number of allylic oxidation sites excluding steroid dienone is 1. The molecule has 0 aromatic heterocycles. The van der Waals surface area contributed by atoms with Crippen molar-refractivity contribution in [3.63, 3.8) is 0 Å². The molecule has 1 amide bonds. The van der Waals surface area contributed by atoms with Gasteiger partial charge in [-0.2, -0.15) is 13.2 Å². The summed E-state index contributed by atoms with van der Waals surface area (Å²) in [5.41, 5.74) is -0.980. The van der Waals surface area contributed by atoms with Crippen molar-refractivity contribution < 1.29 is 27.5 Å². The summed E-state index contributed by atoms with van der Waals surface area (Å²) >= 11 is 0. The molecule has 0 aliphatic carbocycles. The first-order valence-corrected chi connectivity index (χ1v) is 6.00. The SMILES string of the molecule is CCOC(=O)C1CCCN1C(=O)C=C(C)C(F)(F)F. The Kier molecular flexibility index (Phi) is 4.97. The number of amides is 1. The number of carbonyl (C=O) groups excluding carboxylic acids is 2. The van der Waals surface area contributed by atoms with Gasteiger partial charge in [0, 0.05) is 18.2 Å². The molecule has 1 rings (SSSR count). The molecule has 1 heterocycles. The summed E-state index contributed by atoms with van der Waals surface area (Å²) in [7, 11) is 0. The first kappa shape index (κ1) is 15.5. The van der Waals surface area contributed by atoms with E-state index in [2.05, 4.69) is 0 Å². The smallest absolute Gasteiger partial charge is 0.412 e. The quantitative estimate of drug-likeness (QED) is 0.587. The number of hydrogen-bond donors (Lipinski definition) is 0. The van der Waals surface area contributed by atoms with Crippen molar-refractivity contribution in [2.24, 2.45) is 0 Å². The van der Waals surface area contributed by atoms with Crippen LogP contribution in [0, 0.1) is 0 Å². The highest BCUT2D eigenvalue weighted by Crippen LogP contribution is 2.26. The summed E-state index contributed by atoms with van der Waals surface area (Å²) in [5.74, 6) is -1.36. The summed E-state index contributed by atoms with van der Waals surface area (Å²) in [5, 5.41) is 0. The van der Waals surface area contributed by atoms with Crippen LogP contribution in [-0.4, -0.2) is 42.1 Å². The highest BCUT2D eigenvalue weighted by Gasteiger charge is 2.36. The zero-order chi connectivity index (χ0) is 14.6.